The SMILES string of the molecule is CCN=C1N[C@@H]2[C@@H](O)[C@H](O)[C@@H](CN=[N+]=[N-])O[C@@H]2S1. The number of amidine groups is 1. The van der Waals surface area contributed by atoms with Crippen molar-refractivity contribution in [2.75, 3.05) is 13.1 Å². The van der Waals surface area contributed by atoms with Crippen molar-refractivity contribution >= 4 is 16.9 Å². The fourth-order valence-electron chi connectivity index (χ4n) is 1.97. The lowest BCUT2D eigenvalue weighted by Gasteiger charge is -2.38. The first kappa shape index (κ1) is 13.4. The van der Waals surface area contributed by atoms with Gasteiger partial charge in [-0.1, -0.05) is 16.9 Å². The molecule has 3 N–H and O–H groups in total. The van der Waals surface area contributed by atoms with Crippen LogP contribution >= 0.6 is 11.8 Å². The highest BCUT2D eigenvalue weighted by molar-refractivity contribution is 8.14. The van der Waals surface area contributed by atoms with Crippen molar-refractivity contribution in [3.05, 3.63) is 10.4 Å². The van der Waals surface area contributed by atoms with E-state index in [2.05, 4.69) is 20.3 Å². The van der Waals surface area contributed by atoms with Gasteiger partial charge < -0.3 is 20.3 Å². The molecular formula is C9H15N5O3S. The second-order valence-corrected chi connectivity index (χ2v) is 5.09. The molecule has 2 saturated heterocycles. The molecule has 18 heavy (non-hydrogen) atoms. The lowest BCUT2D eigenvalue weighted by atomic mass is 9.98. The van der Waals surface area contributed by atoms with Crippen molar-refractivity contribution in [1.29, 1.82) is 0 Å². The van der Waals surface area contributed by atoms with Gasteiger partial charge in [-0.15, -0.1) is 0 Å². The molecule has 0 amide bonds. The number of thioether (sulfide) groups is 1. The second kappa shape index (κ2) is 5.77. The first-order valence-electron chi connectivity index (χ1n) is 5.67. The van der Waals surface area contributed by atoms with Crippen LogP contribution in [0.5, 0.6) is 0 Å². The molecular weight excluding hydrogens is 258 g/mol. The molecule has 2 fully saturated rings. The Hall–Kier alpha value is -0.990. The largest absolute Gasteiger partial charge is 0.388 e. The maximum Gasteiger partial charge on any atom is 0.159 e. The van der Waals surface area contributed by atoms with Gasteiger partial charge in [0, 0.05) is 11.5 Å². The number of aliphatic hydroxyl groups excluding tert-OH is 2. The van der Waals surface area contributed by atoms with Gasteiger partial charge in [-0.05, 0) is 12.5 Å². The van der Waals surface area contributed by atoms with E-state index in [4.69, 9.17) is 10.3 Å². The number of aliphatic hydroxyl groups is 2. The highest BCUT2D eigenvalue weighted by Gasteiger charge is 2.48. The van der Waals surface area contributed by atoms with Crippen LogP contribution in [0, 0.1) is 0 Å². The van der Waals surface area contributed by atoms with E-state index < -0.39 is 24.4 Å². The number of hydrogen-bond acceptors (Lipinski definition) is 6. The number of aliphatic imine (C=N–C) groups is 1. The standard InChI is InChI=1S/C9H15N5O3S/c1-2-11-9-13-5-7(16)6(15)4(3-12-14-10)17-8(5)18-9/h4-8,15-16H,2-3H2,1H3,(H,11,13)/t4-,5-,6-,7-,8-/m1/s1. The molecule has 2 aliphatic rings. The third-order valence-electron chi connectivity index (χ3n) is 2.85. The van der Waals surface area contributed by atoms with Gasteiger partial charge in [0.2, 0.25) is 0 Å². The number of nitrogens with zero attached hydrogens (tertiary/aromatic N) is 4. The van der Waals surface area contributed by atoms with E-state index in [9.17, 15) is 10.2 Å². The Morgan fingerprint density at radius 2 is 2.28 bits per heavy atom. The third kappa shape index (κ3) is 2.55. The number of fused-ring (bicyclic) bond motifs is 1. The Balaban J connectivity index is 2.08. The van der Waals surface area contributed by atoms with Crippen molar-refractivity contribution in [3.63, 3.8) is 0 Å². The minimum absolute atomic E-state index is 0.00123. The van der Waals surface area contributed by atoms with Crippen molar-refractivity contribution < 1.29 is 14.9 Å². The van der Waals surface area contributed by atoms with Gasteiger partial charge in [-0.3, -0.25) is 4.99 Å². The molecule has 0 spiro atoms. The van der Waals surface area contributed by atoms with Crippen LogP contribution in [0.4, 0.5) is 0 Å². The Morgan fingerprint density at radius 3 is 2.94 bits per heavy atom. The molecule has 9 heteroatoms. The summed E-state index contributed by atoms with van der Waals surface area (Å²) in [6, 6.07) is -0.391. The maximum atomic E-state index is 10.0. The Kier molecular flexibility index (Phi) is 4.31. The molecule has 0 bridgehead atoms. The smallest absolute Gasteiger partial charge is 0.159 e. The average Bonchev–Trinajstić information content (AvgIpc) is 2.75. The molecule has 0 aromatic heterocycles. The molecule has 0 unspecified atom stereocenters. The predicted octanol–water partition coefficient (Wildman–Crippen LogP) is -0.176. The first-order chi connectivity index (χ1) is 8.67. The van der Waals surface area contributed by atoms with Crippen LogP contribution in [0.3, 0.4) is 0 Å². The molecule has 0 saturated carbocycles. The lowest BCUT2D eigenvalue weighted by molar-refractivity contribution is -0.151. The number of ether oxygens (including phenoxy) is 1. The average molecular weight is 273 g/mol. The molecule has 0 radical (unpaired) electrons. The summed E-state index contributed by atoms with van der Waals surface area (Å²) >= 11 is 1.37. The predicted molar refractivity (Wildman–Crippen MR) is 67.2 cm³/mol. The topological polar surface area (TPSA) is 123 Å². The van der Waals surface area contributed by atoms with Crippen molar-refractivity contribution in [1.82, 2.24) is 5.32 Å². The van der Waals surface area contributed by atoms with E-state index >= 15 is 0 Å². The van der Waals surface area contributed by atoms with Crippen LogP contribution in [-0.4, -0.2) is 58.3 Å². The van der Waals surface area contributed by atoms with E-state index in [1.165, 1.54) is 11.8 Å². The molecule has 2 aliphatic heterocycles. The van der Waals surface area contributed by atoms with Gasteiger partial charge in [0.05, 0.1) is 18.7 Å². The van der Waals surface area contributed by atoms with Crippen LogP contribution in [0.1, 0.15) is 6.92 Å². The summed E-state index contributed by atoms with van der Waals surface area (Å²) in [7, 11) is 0. The van der Waals surface area contributed by atoms with Crippen molar-refractivity contribution in [2.24, 2.45) is 10.1 Å². The number of hydrogen-bond donors (Lipinski definition) is 3. The summed E-state index contributed by atoms with van der Waals surface area (Å²) in [5.41, 5.74) is 7.94. The minimum Gasteiger partial charge on any atom is -0.388 e. The number of rotatable bonds is 3. The van der Waals surface area contributed by atoms with Crippen LogP contribution in [0.2, 0.25) is 0 Å². The van der Waals surface area contributed by atoms with E-state index in [1.54, 1.807) is 0 Å². The molecule has 0 aromatic rings. The Morgan fingerprint density at radius 1 is 1.50 bits per heavy atom. The summed E-state index contributed by atoms with van der Waals surface area (Å²) in [6.45, 7) is 2.54. The van der Waals surface area contributed by atoms with E-state index in [0.29, 0.717) is 11.7 Å². The van der Waals surface area contributed by atoms with Crippen LogP contribution in [0.15, 0.2) is 10.1 Å². The van der Waals surface area contributed by atoms with Crippen molar-refractivity contribution in [2.45, 2.75) is 36.7 Å². The monoisotopic (exact) mass is 273 g/mol. The molecule has 5 atom stereocenters. The summed E-state index contributed by atoms with van der Waals surface area (Å²) < 4.78 is 5.62. The normalized spacial score (nSPS) is 41.1. The zero-order valence-corrected chi connectivity index (χ0v) is 10.6. The highest BCUT2D eigenvalue weighted by Crippen LogP contribution is 2.33. The molecule has 100 valence electrons. The van der Waals surface area contributed by atoms with Crippen LogP contribution in [0.25, 0.3) is 10.4 Å². The zero-order chi connectivity index (χ0) is 13.1. The quantitative estimate of drug-likeness (QED) is 0.374. The van der Waals surface area contributed by atoms with E-state index in [0.717, 1.165) is 0 Å². The molecule has 8 nitrogen and oxygen atoms in total. The second-order valence-electron chi connectivity index (χ2n) is 4.01. The molecule has 2 rings (SSSR count). The summed E-state index contributed by atoms with van der Waals surface area (Å²) in [5, 5.41) is 27.0. The Bertz CT molecular complexity index is 386. The van der Waals surface area contributed by atoms with Gasteiger partial charge in [0.1, 0.15) is 17.6 Å². The molecule has 2 heterocycles. The molecule has 0 aromatic carbocycles. The minimum atomic E-state index is -1.08. The summed E-state index contributed by atoms with van der Waals surface area (Å²) in [6.07, 6.45) is -2.74. The first-order valence-corrected chi connectivity index (χ1v) is 6.55. The Labute approximate surface area is 108 Å². The van der Waals surface area contributed by atoms with Gasteiger partial charge in [0.25, 0.3) is 0 Å². The maximum absolute atomic E-state index is 10.0. The van der Waals surface area contributed by atoms with Gasteiger partial charge >= 0.3 is 0 Å². The van der Waals surface area contributed by atoms with Crippen LogP contribution in [-0.2, 0) is 4.74 Å². The van der Waals surface area contributed by atoms with Gasteiger partial charge in [0.15, 0.2) is 5.17 Å². The van der Waals surface area contributed by atoms with E-state index in [1.807, 2.05) is 6.92 Å². The lowest BCUT2D eigenvalue weighted by Crippen LogP contribution is -2.59. The van der Waals surface area contributed by atoms with Crippen LogP contribution < -0.4 is 5.32 Å². The molecule has 0 aliphatic carbocycles. The third-order valence-corrected chi connectivity index (χ3v) is 3.95. The van der Waals surface area contributed by atoms with Crippen molar-refractivity contribution in [3.8, 4) is 0 Å². The summed E-state index contributed by atoms with van der Waals surface area (Å²) in [5.74, 6) is 0. The van der Waals surface area contributed by atoms with Gasteiger partial charge in [-0.25, -0.2) is 0 Å². The fraction of sp³-hybridized carbons (Fsp3) is 0.889. The van der Waals surface area contributed by atoms with E-state index in [-0.39, 0.29) is 12.0 Å². The zero-order valence-electron chi connectivity index (χ0n) is 9.80. The highest BCUT2D eigenvalue weighted by atomic mass is 32.2. The number of nitrogens with one attached hydrogen (secondary N) is 1. The fourth-order valence-corrected chi connectivity index (χ4v) is 3.17. The number of azide groups is 1. The van der Waals surface area contributed by atoms with Gasteiger partial charge in [-0.2, -0.15) is 0 Å². The summed E-state index contributed by atoms with van der Waals surface area (Å²) in [4.78, 5) is 6.83.